The quantitative estimate of drug-likeness (QED) is 0.728. The van der Waals surface area contributed by atoms with Crippen LogP contribution in [-0.2, 0) is 0 Å². The fraction of sp³-hybridized carbons (Fsp3) is 0.333. The molecule has 1 aliphatic rings. The normalized spacial score (nSPS) is 19.3. The van der Waals surface area contributed by atoms with Gasteiger partial charge in [0, 0.05) is 18.9 Å². The maximum atomic E-state index is 4.01. The van der Waals surface area contributed by atoms with E-state index in [1.807, 2.05) is 16.8 Å². The third-order valence-corrected chi connectivity index (χ3v) is 2.58. The Morgan fingerprint density at radius 1 is 1.33 bits per heavy atom. The van der Waals surface area contributed by atoms with E-state index < -0.39 is 0 Å². The highest BCUT2D eigenvalue weighted by Crippen LogP contribution is 2.26. The molecule has 2 aromatic heterocycles. The van der Waals surface area contributed by atoms with Gasteiger partial charge in [-0.3, -0.25) is 4.98 Å². The van der Waals surface area contributed by atoms with Crippen LogP contribution in [0.2, 0.25) is 0 Å². The molecule has 15 heavy (non-hydrogen) atoms. The number of fused-ring (bicyclic) bond motifs is 1. The molecule has 0 aliphatic carbocycles. The summed E-state index contributed by atoms with van der Waals surface area (Å²) >= 11 is 0. The van der Waals surface area contributed by atoms with E-state index in [4.69, 9.17) is 0 Å². The Bertz CT molecular complexity index is 451. The predicted octanol–water partition coefficient (Wildman–Crippen LogP) is 0.473. The number of anilines is 1. The molecule has 0 amide bonds. The minimum absolute atomic E-state index is 0.222. The van der Waals surface area contributed by atoms with Gasteiger partial charge in [0.15, 0.2) is 0 Å². The van der Waals surface area contributed by atoms with Crippen molar-refractivity contribution in [3.63, 3.8) is 0 Å². The van der Waals surface area contributed by atoms with Crippen molar-refractivity contribution in [3.05, 3.63) is 30.1 Å². The van der Waals surface area contributed by atoms with Gasteiger partial charge in [0.25, 0.3) is 0 Å². The van der Waals surface area contributed by atoms with E-state index in [9.17, 15) is 0 Å². The average Bonchev–Trinajstić information content (AvgIpc) is 2.78. The van der Waals surface area contributed by atoms with Crippen LogP contribution in [0.25, 0.3) is 0 Å². The van der Waals surface area contributed by atoms with Gasteiger partial charge in [-0.05, 0) is 34.5 Å². The zero-order valence-corrected chi connectivity index (χ0v) is 8.04. The van der Waals surface area contributed by atoms with Crippen LogP contribution in [0.1, 0.15) is 18.0 Å². The van der Waals surface area contributed by atoms with Crippen molar-refractivity contribution in [3.8, 4) is 0 Å². The van der Waals surface area contributed by atoms with Crippen LogP contribution in [0.15, 0.2) is 24.5 Å². The van der Waals surface area contributed by atoms with Crippen molar-refractivity contribution in [2.24, 2.45) is 0 Å². The van der Waals surface area contributed by atoms with Gasteiger partial charge < -0.3 is 5.32 Å². The van der Waals surface area contributed by atoms with Crippen LogP contribution < -0.4 is 5.32 Å². The van der Waals surface area contributed by atoms with Crippen LogP contribution in [-0.4, -0.2) is 31.7 Å². The number of hydrogen-bond donors (Lipinski definition) is 1. The first-order valence-electron chi connectivity index (χ1n) is 4.87. The zero-order valence-electron chi connectivity index (χ0n) is 8.04. The second kappa shape index (κ2) is 3.30. The molecule has 0 fully saturated rings. The third kappa shape index (κ3) is 1.34. The Kier molecular flexibility index (Phi) is 1.84. The highest BCUT2D eigenvalue weighted by molar-refractivity contribution is 5.29. The Hall–Kier alpha value is -1.98. The van der Waals surface area contributed by atoms with Gasteiger partial charge in [0.2, 0.25) is 5.95 Å². The highest BCUT2D eigenvalue weighted by atomic mass is 15.6. The second-order valence-electron chi connectivity index (χ2n) is 3.46. The number of pyridine rings is 1. The van der Waals surface area contributed by atoms with E-state index in [1.54, 1.807) is 12.4 Å². The lowest BCUT2D eigenvalue weighted by atomic mass is 10.0. The first kappa shape index (κ1) is 8.34. The molecular formula is C9H10N6. The summed E-state index contributed by atoms with van der Waals surface area (Å²) in [6, 6.07) is 4.22. The summed E-state index contributed by atoms with van der Waals surface area (Å²) in [5, 5.41) is 14.7. The number of nitrogens with zero attached hydrogens (tertiary/aromatic N) is 5. The van der Waals surface area contributed by atoms with Gasteiger partial charge in [-0.25, -0.2) is 4.68 Å². The molecule has 76 valence electrons. The Labute approximate surface area is 86.3 Å². The molecular weight excluding hydrogens is 192 g/mol. The highest BCUT2D eigenvalue weighted by Gasteiger charge is 2.22. The van der Waals surface area contributed by atoms with Crippen LogP contribution in [0, 0.1) is 0 Å². The molecule has 3 heterocycles. The maximum absolute atomic E-state index is 4.01. The topological polar surface area (TPSA) is 68.5 Å². The molecule has 0 saturated carbocycles. The van der Waals surface area contributed by atoms with E-state index in [0.29, 0.717) is 0 Å². The summed E-state index contributed by atoms with van der Waals surface area (Å²) in [5.41, 5.74) is 1.19. The number of nitrogens with one attached hydrogen (secondary N) is 1. The van der Waals surface area contributed by atoms with Crippen LogP contribution in [0.3, 0.4) is 0 Å². The van der Waals surface area contributed by atoms with E-state index in [-0.39, 0.29) is 6.04 Å². The number of tetrazole rings is 1. The first-order valence-corrected chi connectivity index (χ1v) is 4.87. The van der Waals surface area contributed by atoms with E-state index in [2.05, 4.69) is 25.8 Å². The monoisotopic (exact) mass is 202 g/mol. The minimum Gasteiger partial charge on any atom is -0.353 e. The lowest BCUT2D eigenvalue weighted by Gasteiger charge is -2.23. The summed E-state index contributed by atoms with van der Waals surface area (Å²) < 4.78 is 1.82. The standard InChI is InChI=1S/C9H10N6/c1-4-10-5-2-7(1)8-3-6-11-9-12-13-14-15(8)9/h1-2,4-5,8H,3,6H2,(H,11,12,14). The molecule has 6 heteroatoms. The van der Waals surface area contributed by atoms with Crippen LogP contribution in [0.5, 0.6) is 0 Å². The zero-order chi connectivity index (χ0) is 10.1. The van der Waals surface area contributed by atoms with Gasteiger partial charge >= 0.3 is 0 Å². The van der Waals surface area contributed by atoms with Crippen molar-refractivity contribution in [1.29, 1.82) is 0 Å². The summed E-state index contributed by atoms with van der Waals surface area (Å²) in [6.07, 6.45) is 4.57. The van der Waals surface area contributed by atoms with E-state index >= 15 is 0 Å². The fourth-order valence-electron chi connectivity index (χ4n) is 1.86. The molecule has 6 nitrogen and oxygen atoms in total. The van der Waals surface area contributed by atoms with Crippen molar-refractivity contribution >= 4 is 5.95 Å². The molecule has 2 aromatic rings. The molecule has 0 saturated heterocycles. The largest absolute Gasteiger partial charge is 0.353 e. The first-order chi connectivity index (χ1) is 7.45. The van der Waals surface area contributed by atoms with Crippen LogP contribution in [0.4, 0.5) is 5.95 Å². The van der Waals surface area contributed by atoms with Crippen LogP contribution >= 0.6 is 0 Å². The molecule has 1 unspecified atom stereocenters. The summed E-state index contributed by atoms with van der Waals surface area (Å²) in [4.78, 5) is 4.01. The van der Waals surface area contributed by atoms with Gasteiger partial charge in [-0.1, -0.05) is 5.10 Å². The van der Waals surface area contributed by atoms with Crippen molar-refractivity contribution < 1.29 is 0 Å². The smallest absolute Gasteiger partial charge is 0.243 e. The summed E-state index contributed by atoms with van der Waals surface area (Å²) in [6.45, 7) is 0.896. The molecule has 0 radical (unpaired) electrons. The number of hydrogen-bond acceptors (Lipinski definition) is 5. The molecule has 0 bridgehead atoms. The lowest BCUT2D eigenvalue weighted by molar-refractivity contribution is 0.469. The summed E-state index contributed by atoms with van der Waals surface area (Å²) in [5.74, 6) is 0.739. The SMILES string of the molecule is c1cc(C2CCNc3nnnn32)ccn1. The molecule has 1 aliphatic heterocycles. The second-order valence-corrected chi connectivity index (χ2v) is 3.46. The number of rotatable bonds is 1. The molecule has 3 rings (SSSR count). The van der Waals surface area contributed by atoms with E-state index in [0.717, 1.165) is 18.9 Å². The molecule has 0 aromatic carbocycles. The predicted molar refractivity (Wildman–Crippen MR) is 53.3 cm³/mol. The molecule has 1 atom stereocenters. The molecule has 0 spiro atoms. The van der Waals surface area contributed by atoms with Gasteiger partial charge in [-0.15, -0.1) is 0 Å². The molecule has 1 N–H and O–H groups in total. The van der Waals surface area contributed by atoms with Crippen molar-refractivity contribution in [2.75, 3.05) is 11.9 Å². The van der Waals surface area contributed by atoms with Gasteiger partial charge in [-0.2, -0.15) is 0 Å². The minimum atomic E-state index is 0.222. The van der Waals surface area contributed by atoms with Gasteiger partial charge in [0.1, 0.15) is 0 Å². The Morgan fingerprint density at radius 3 is 3.07 bits per heavy atom. The van der Waals surface area contributed by atoms with Crippen molar-refractivity contribution in [1.82, 2.24) is 25.2 Å². The lowest BCUT2D eigenvalue weighted by Crippen LogP contribution is -2.24. The summed E-state index contributed by atoms with van der Waals surface area (Å²) in [7, 11) is 0. The van der Waals surface area contributed by atoms with Crippen molar-refractivity contribution in [2.45, 2.75) is 12.5 Å². The maximum Gasteiger partial charge on any atom is 0.243 e. The third-order valence-electron chi connectivity index (χ3n) is 2.58. The Morgan fingerprint density at radius 2 is 2.20 bits per heavy atom. The van der Waals surface area contributed by atoms with E-state index in [1.165, 1.54) is 5.56 Å². The Balaban J connectivity index is 2.03. The average molecular weight is 202 g/mol. The van der Waals surface area contributed by atoms with Gasteiger partial charge in [0.05, 0.1) is 6.04 Å². The fourth-order valence-corrected chi connectivity index (χ4v) is 1.86. The number of aromatic nitrogens is 5.